The SMILES string of the molecule is CCCCC(CC1CN(Cc2ccc(Cl)c(Cl)c2)C1)C(=O)O.Cl.Cl. The van der Waals surface area contributed by atoms with Crippen molar-refractivity contribution in [2.24, 2.45) is 11.8 Å². The third-order valence-corrected chi connectivity index (χ3v) is 5.04. The van der Waals surface area contributed by atoms with Gasteiger partial charge in [0, 0.05) is 19.6 Å². The summed E-state index contributed by atoms with van der Waals surface area (Å²) in [5, 5.41) is 10.4. The highest BCUT2D eigenvalue weighted by molar-refractivity contribution is 6.42. The highest BCUT2D eigenvalue weighted by Gasteiger charge is 2.31. The van der Waals surface area contributed by atoms with Crippen molar-refractivity contribution in [3.63, 3.8) is 0 Å². The predicted octanol–water partition coefficient (Wildman–Crippen LogP) is 5.55. The molecular formula is C17H25Cl4NO2. The Bertz CT molecular complexity index is 521. The van der Waals surface area contributed by atoms with E-state index in [1.54, 1.807) is 0 Å². The highest BCUT2D eigenvalue weighted by Crippen LogP contribution is 2.29. The fourth-order valence-electron chi connectivity index (χ4n) is 3.05. The van der Waals surface area contributed by atoms with Crippen molar-refractivity contribution in [3.8, 4) is 0 Å². The number of carboxylic acids is 1. The number of unbranched alkanes of at least 4 members (excludes halogenated alkanes) is 1. The summed E-state index contributed by atoms with van der Waals surface area (Å²) in [4.78, 5) is 13.6. The second kappa shape index (κ2) is 11.4. The topological polar surface area (TPSA) is 40.5 Å². The molecule has 0 aromatic heterocycles. The summed E-state index contributed by atoms with van der Waals surface area (Å²) >= 11 is 11.9. The van der Waals surface area contributed by atoms with Crippen LogP contribution in [-0.4, -0.2) is 29.1 Å². The van der Waals surface area contributed by atoms with Gasteiger partial charge >= 0.3 is 5.97 Å². The molecule has 1 aliphatic heterocycles. The van der Waals surface area contributed by atoms with Crippen molar-refractivity contribution in [2.45, 2.75) is 39.2 Å². The molecule has 1 saturated heterocycles. The number of likely N-dealkylation sites (tertiary alicyclic amines) is 1. The average molecular weight is 417 g/mol. The van der Waals surface area contributed by atoms with Crippen molar-refractivity contribution in [3.05, 3.63) is 33.8 Å². The van der Waals surface area contributed by atoms with E-state index in [4.69, 9.17) is 23.2 Å². The van der Waals surface area contributed by atoms with Crippen LogP contribution in [0.5, 0.6) is 0 Å². The largest absolute Gasteiger partial charge is 0.481 e. The van der Waals surface area contributed by atoms with Crippen LogP contribution in [0.15, 0.2) is 18.2 Å². The first-order chi connectivity index (χ1) is 10.5. The summed E-state index contributed by atoms with van der Waals surface area (Å²) in [6.45, 7) is 4.88. The van der Waals surface area contributed by atoms with Crippen LogP contribution in [0.25, 0.3) is 0 Å². The van der Waals surface area contributed by atoms with E-state index < -0.39 is 5.97 Å². The fourth-order valence-corrected chi connectivity index (χ4v) is 3.37. The minimum atomic E-state index is -0.642. The monoisotopic (exact) mass is 415 g/mol. The van der Waals surface area contributed by atoms with Crippen LogP contribution in [0.4, 0.5) is 0 Å². The maximum atomic E-state index is 11.3. The first kappa shape index (κ1) is 23.8. The Hall–Kier alpha value is -0.190. The molecule has 3 nitrogen and oxygen atoms in total. The van der Waals surface area contributed by atoms with E-state index in [-0.39, 0.29) is 30.7 Å². The summed E-state index contributed by atoms with van der Waals surface area (Å²) in [6.07, 6.45) is 3.65. The van der Waals surface area contributed by atoms with E-state index in [1.165, 1.54) is 0 Å². The molecule has 1 fully saturated rings. The Morgan fingerprint density at radius 3 is 2.50 bits per heavy atom. The smallest absolute Gasteiger partial charge is 0.306 e. The maximum absolute atomic E-state index is 11.3. The first-order valence-electron chi connectivity index (χ1n) is 7.88. The molecule has 1 atom stereocenters. The molecular weight excluding hydrogens is 392 g/mol. The van der Waals surface area contributed by atoms with Gasteiger partial charge in [-0.1, -0.05) is 49.0 Å². The lowest BCUT2D eigenvalue weighted by molar-refractivity contribution is -0.143. The van der Waals surface area contributed by atoms with Crippen LogP contribution in [0.3, 0.4) is 0 Å². The molecule has 2 rings (SSSR count). The number of carbonyl (C=O) groups is 1. The summed E-state index contributed by atoms with van der Waals surface area (Å²) in [7, 11) is 0. The summed E-state index contributed by atoms with van der Waals surface area (Å²) < 4.78 is 0. The van der Waals surface area contributed by atoms with E-state index in [1.807, 2.05) is 18.2 Å². The lowest BCUT2D eigenvalue weighted by Crippen LogP contribution is -2.47. The van der Waals surface area contributed by atoms with Crippen LogP contribution in [0, 0.1) is 11.8 Å². The van der Waals surface area contributed by atoms with Gasteiger partial charge in [0.1, 0.15) is 0 Å². The normalized spacial score (nSPS) is 15.8. The van der Waals surface area contributed by atoms with E-state index in [2.05, 4.69) is 11.8 Å². The second-order valence-electron chi connectivity index (χ2n) is 6.22. The molecule has 1 heterocycles. The Morgan fingerprint density at radius 1 is 1.29 bits per heavy atom. The van der Waals surface area contributed by atoms with E-state index in [0.29, 0.717) is 16.0 Å². The minimum absolute atomic E-state index is 0. The van der Waals surface area contributed by atoms with Gasteiger partial charge in [0.05, 0.1) is 16.0 Å². The number of aliphatic carboxylic acids is 1. The van der Waals surface area contributed by atoms with Crippen molar-refractivity contribution in [1.29, 1.82) is 0 Å². The van der Waals surface area contributed by atoms with Gasteiger partial charge in [-0.3, -0.25) is 9.69 Å². The summed E-state index contributed by atoms with van der Waals surface area (Å²) in [5.74, 6) is -0.325. The zero-order valence-electron chi connectivity index (χ0n) is 13.7. The van der Waals surface area contributed by atoms with Crippen molar-refractivity contribution in [2.75, 3.05) is 13.1 Å². The quantitative estimate of drug-likeness (QED) is 0.603. The molecule has 7 heteroatoms. The number of halogens is 4. The fraction of sp³-hybridized carbons (Fsp3) is 0.588. The van der Waals surface area contributed by atoms with Crippen LogP contribution in [-0.2, 0) is 11.3 Å². The zero-order valence-corrected chi connectivity index (χ0v) is 16.9. The molecule has 0 aliphatic carbocycles. The summed E-state index contributed by atoms with van der Waals surface area (Å²) in [5.41, 5.74) is 1.15. The molecule has 1 aromatic carbocycles. The van der Waals surface area contributed by atoms with Gasteiger partial charge in [0.25, 0.3) is 0 Å². The molecule has 0 bridgehead atoms. The average Bonchev–Trinajstić information content (AvgIpc) is 2.43. The van der Waals surface area contributed by atoms with Crippen LogP contribution in [0.2, 0.25) is 10.0 Å². The van der Waals surface area contributed by atoms with Crippen molar-refractivity contribution < 1.29 is 9.90 Å². The predicted molar refractivity (Wildman–Crippen MR) is 105 cm³/mol. The third-order valence-electron chi connectivity index (χ3n) is 4.30. The van der Waals surface area contributed by atoms with Crippen LogP contribution >= 0.6 is 48.0 Å². The molecule has 1 unspecified atom stereocenters. The number of nitrogens with zero attached hydrogens (tertiary/aromatic N) is 1. The van der Waals surface area contributed by atoms with Crippen molar-refractivity contribution >= 4 is 54.0 Å². The molecule has 138 valence electrons. The van der Waals surface area contributed by atoms with Gasteiger partial charge in [-0.2, -0.15) is 0 Å². The molecule has 1 aliphatic rings. The number of carboxylic acid groups (broad SMARTS) is 1. The standard InChI is InChI=1S/C17H23Cl2NO2.2ClH/c1-2-3-4-14(17(21)22)7-13-10-20(11-13)9-12-5-6-15(18)16(19)8-12;;/h5-6,8,13-14H,2-4,7,9-11H2,1H3,(H,21,22);2*1H. The van der Waals surface area contributed by atoms with E-state index in [9.17, 15) is 9.90 Å². The molecule has 0 saturated carbocycles. The highest BCUT2D eigenvalue weighted by atomic mass is 35.5. The molecule has 24 heavy (non-hydrogen) atoms. The molecule has 1 N–H and O–H groups in total. The first-order valence-corrected chi connectivity index (χ1v) is 8.64. The molecule has 0 radical (unpaired) electrons. The number of rotatable bonds is 8. The maximum Gasteiger partial charge on any atom is 0.306 e. The Morgan fingerprint density at radius 2 is 1.96 bits per heavy atom. The molecule has 1 aromatic rings. The van der Waals surface area contributed by atoms with E-state index in [0.717, 1.165) is 50.9 Å². The number of hydrogen-bond acceptors (Lipinski definition) is 2. The van der Waals surface area contributed by atoms with Gasteiger partial charge in [-0.15, -0.1) is 24.8 Å². The van der Waals surface area contributed by atoms with Crippen molar-refractivity contribution in [1.82, 2.24) is 4.90 Å². The third kappa shape index (κ3) is 6.97. The Labute approximate surface area is 166 Å². The zero-order chi connectivity index (χ0) is 16.1. The minimum Gasteiger partial charge on any atom is -0.481 e. The lowest BCUT2D eigenvalue weighted by Gasteiger charge is -2.40. The Kier molecular flexibility index (Phi) is 11.3. The van der Waals surface area contributed by atoms with Crippen LogP contribution in [0.1, 0.15) is 38.2 Å². The number of hydrogen-bond donors (Lipinski definition) is 1. The molecule has 0 amide bonds. The second-order valence-corrected chi connectivity index (χ2v) is 7.04. The van der Waals surface area contributed by atoms with Crippen LogP contribution < -0.4 is 0 Å². The van der Waals surface area contributed by atoms with Gasteiger partial charge in [0.2, 0.25) is 0 Å². The van der Waals surface area contributed by atoms with Gasteiger partial charge in [0.15, 0.2) is 0 Å². The Balaban J connectivity index is 0.00000264. The van der Waals surface area contributed by atoms with E-state index >= 15 is 0 Å². The van der Waals surface area contributed by atoms with Gasteiger partial charge in [-0.05, 0) is 36.5 Å². The van der Waals surface area contributed by atoms with Gasteiger partial charge < -0.3 is 5.11 Å². The molecule has 0 spiro atoms. The van der Waals surface area contributed by atoms with Gasteiger partial charge in [-0.25, -0.2) is 0 Å². The summed E-state index contributed by atoms with van der Waals surface area (Å²) in [6, 6.07) is 5.71. The number of benzene rings is 1. The lowest BCUT2D eigenvalue weighted by atomic mass is 9.86.